The van der Waals surface area contributed by atoms with E-state index in [9.17, 15) is 10.4 Å². The number of hydrogen-bond donors (Lipinski definition) is 2. The molecule has 0 bridgehead atoms. The van der Waals surface area contributed by atoms with Crippen molar-refractivity contribution in [2.45, 2.75) is 105 Å². The number of fused-ring (bicyclic) bond motifs is 3. The lowest BCUT2D eigenvalue weighted by Gasteiger charge is -2.50. The highest BCUT2D eigenvalue weighted by Gasteiger charge is 2.54. The molecule has 0 unspecified atom stereocenters. The second-order valence-corrected chi connectivity index (χ2v) is 11.6. The van der Waals surface area contributed by atoms with Crippen molar-refractivity contribution in [3.05, 3.63) is 11.6 Å². The Labute approximate surface area is 190 Å². The Morgan fingerprint density at radius 1 is 1.03 bits per heavy atom. The molecule has 4 heteroatoms. The molecule has 6 atom stereocenters. The van der Waals surface area contributed by atoms with Crippen LogP contribution in [0.2, 0.25) is 0 Å². The largest absolute Gasteiger partial charge is 0.411 e. The van der Waals surface area contributed by atoms with Gasteiger partial charge in [-0.1, -0.05) is 68.9 Å². The van der Waals surface area contributed by atoms with E-state index in [4.69, 9.17) is 0 Å². The highest BCUT2D eigenvalue weighted by molar-refractivity contribution is 6.04. The Balaban J connectivity index is 1.79. The minimum Gasteiger partial charge on any atom is -0.411 e. The van der Waals surface area contributed by atoms with Crippen LogP contribution < -0.4 is 0 Å². The van der Waals surface area contributed by atoms with Gasteiger partial charge in [0.05, 0.1) is 11.4 Å². The van der Waals surface area contributed by atoms with Crippen molar-refractivity contribution in [3.8, 4) is 0 Å². The summed E-state index contributed by atoms with van der Waals surface area (Å²) in [6, 6.07) is 0. The third-order valence-electron chi connectivity index (χ3n) is 9.34. The topological polar surface area (TPSA) is 65.2 Å². The number of rotatable bonds is 5. The van der Waals surface area contributed by atoms with Gasteiger partial charge in [0.2, 0.25) is 0 Å². The standard InChI is InChI=1S/C27H46N2O2/c1-18(2)7-6-8-20(4)25-13-14-26-24-12-11-22(29-31)17-21(28-30)10-9-19(3)23(24)15-16-27(25,26)5/h9,18,20,23-26,30-31H,6-8,10-17H2,1-5H3/b19-9+,28-21-,29-22+/t20-,23-,24-,25-,26+,27-/m1/s1. The summed E-state index contributed by atoms with van der Waals surface area (Å²) >= 11 is 0. The molecule has 3 aliphatic rings. The van der Waals surface area contributed by atoms with E-state index in [-0.39, 0.29) is 0 Å². The molecule has 0 spiro atoms. The molecule has 4 nitrogen and oxygen atoms in total. The molecule has 0 aliphatic heterocycles. The Hall–Kier alpha value is -1.32. The Bertz CT molecular complexity index is 695. The third-order valence-corrected chi connectivity index (χ3v) is 9.34. The van der Waals surface area contributed by atoms with Crippen LogP contribution in [0, 0.1) is 40.9 Å². The summed E-state index contributed by atoms with van der Waals surface area (Å²) in [4.78, 5) is 0. The summed E-state index contributed by atoms with van der Waals surface area (Å²) in [7, 11) is 0. The fourth-order valence-electron chi connectivity index (χ4n) is 7.60. The van der Waals surface area contributed by atoms with Gasteiger partial charge in [-0.05, 0) is 86.4 Å². The normalized spacial score (nSPS) is 39.7. The van der Waals surface area contributed by atoms with Gasteiger partial charge in [-0.15, -0.1) is 0 Å². The van der Waals surface area contributed by atoms with Crippen molar-refractivity contribution in [2.75, 3.05) is 0 Å². The van der Waals surface area contributed by atoms with Gasteiger partial charge in [-0.3, -0.25) is 0 Å². The summed E-state index contributed by atoms with van der Waals surface area (Å²) in [6.45, 7) is 12.1. The quantitative estimate of drug-likeness (QED) is 0.267. The summed E-state index contributed by atoms with van der Waals surface area (Å²) in [5, 5.41) is 25.9. The molecule has 2 N–H and O–H groups in total. The second kappa shape index (κ2) is 10.5. The van der Waals surface area contributed by atoms with Crippen LogP contribution in [0.3, 0.4) is 0 Å². The van der Waals surface area contributed by atoms with Crippen molar-refractivity contribution in [1.29, 1.82) is 0 Å². The molecule has 3 rings (SSSR count). The molecule has 0 aromatic carbocycles. The van der Waals surface area contributed by atoms with Crippen LogP contribution in [0.4, 0.5) is 0 Å². The van der Waals surface area contributed by atoms with Gasteiger partial charge in [0.15, 0.2) is 0 Å². The Morgan fingerprint density at radius 3 is 2.45 bits per heavy atom. The number of oxime groups is 2. The van der Waals surface area contributed by atoms with Gasteiger partial charge in [-0.2, -0.15) is 0 Å². The predicted octanol–water partition coefficient (Wildman–Crippen LogP) is 7.69. The summed E-state index contributed by atoms with van der Waals surface area (Å²) in [5.41, 5.74) is 3.40. The maximum absolute atomic E-state index is 9.54. The minimum atomic E-state index is 0.455. The molecule has 0 radical (unpaired) electrons. The van der Waals surface area contributed by atoms with Crippen LogP contribution in [-0.2, 0) is 0 Å². The fraction of sp³-hybridized carbons (Fsp3) is 0.852. The van der Waals surface area contributed by atoms with Crippen LogP contribution in [0.15, 0.2) is 22.0 Å². The van der Waals surface area contributed by atoms with Gasteiger partial charge >= 0.3 is 0 Å². The molecule has 2 fully saturated rings. The van der Waals surface area contributed by atoms with Crippen molar-refractivity contribution >= 4 is 11.4 Å². The Morgan fingerprint density at radius 2 is 1.77 bits per heavy atom. The average molecular weight is 431 g/mol. The lowest BCUT2D eigenvalue weighted by Crippen LogP contribution is -2.43. The molecule has 0 aromatic rings. The SMILES string of the molecule is C/C1=C\C/C(=N/O)C/C(=N/O)CC[C@@H]2[C@@H]1CC[C@]1(C)[C@@H]([C@H](C)CCCC(C)C)CC[C@@H]21. The van der Waals surface area contributed by atoms with E-state index < -0.39 is 0 Å². The van der Waals surface area contributed by atoms with E-state index in [1.165, 1.54) is 50.5 Å². The molecule has 0 heterocycles. The molecule has 176 valence electrons. The minimum absolute atomic E-state index is 0.455. The van der Waals surface area contributed by atoms with Gasteiger partial charge in [0, 0.05) is 12.8 Å². The predicted molar refractivity (Wildman–Crippen MR) is 129 cm³/mol. The monoisotopic (exact) mass is 430 g/mol. The van der Waals surface area contributed by atoms with E-state index >= 15 is 0 Å². The zero-order valence-electron chi connectivity index (χ0n) is 20.6. The zero-order chi connectivity index (χ0) is 22.6. The first-order valence-corrected chi connectivity index (χ1v) is 12.9. The smallest absolute Gasteiger partial charge is 0.0665 e. The summed E-state index contributed by atoms with van der Waals surface area (Å²) in [6.07, 6.45) is 14.8. The molecular formula is C27H46N2O2. The summed E-state index contributed by atoms with van der Waals surface area (Å²) < 4.78 is 0. The van der Waals surface area contributed by atoms with E-state index in [1.807, 2.05) is 0 Å². The number of hydrogen-bond acceptors (Lipinski definition) is 4. The third kappa shape index (κ3) is 5.37. The Kier molecular flexibility index (Phi) is 8.26. The first-order valence-electron chi connectivity index (χ1n) is 12.9. The number of allylic oxidation sites excluding steroid dienone is 2. The van der Waals surface area contributed by atoms with Gasteiger partial charge < -0.3 is 10.4 Å². The van der Waals surface area contributed by atoms with Crippen LogP contribution in [0.1, 0.15) is 105 Å². The molecule has 0 saturated heterocycles. The van der Waals surface area contributed by atoms with Crippen LogP contribution in [0.25, 0.3) is 0 Å². The van der Waals surface area contributed by atoms with Crippen molar-refractivity contribution in [3.63, 3.8) is 0 Å². The van der Waals surface area contributed by atoms with E-state index in [2.05, 4.69) is 51.0 Å². The first-order chi connectivity index (χ1) is 14.8. The molecular weight excluding hydrogens is 384 g/mol. The molecule has 0 amide bonds. The second-order valence-electron chi connectivity index (χ2n) is 11.6. The van der Waals surface area contributed by atoms with E-state index in [0.29, 0.717) is 35.8 Å². The van der Waals surface area contributed by atoms with Crippen LogP contribution in [-0.4, -0.2) is 21.8 Å². The lowest BCUT2D eigenvalue weighted by molar-refractivity contribution is 0.00268. The van der Waals surface area contributed by atoms with Gasteiger partial charge in [0.25, 0.3) is 0 Å². The van der Waals surface area contributed by atoms with Crippen LogP contribution in [0.5, 0.6) is 0 Å². The van der Waals surface area contributed by atoms with E-state index in [1.54, 1.807) is 0 Å². The van der Waals surface area contributed by atoms with E-state index in [0.717, 1.165) is 42.2 Å². The van der Waals surface area contributed by atoms with Gasteiger partial charge in [0.1, 0.15) is 0 Å². The molecule has 0 aromatic heterocycles. The first kappa shape index (κ1) is 24.3. The van der Waals surface area contributed by atoms with Crippen molar-refractivity contribution in [1.82, 2.24) is 0 Å². The maximum atomic E-state index is 9.54. The highest BCUT2D eigenvalue weighted by Crippen LogP contribution is 2.62. The highest BCUT2D eigenvalue weighted by atomic mass is 16.4. The lowest BCUT2D eigenvalue weighted by atomic mass is 9.54. The summed E-state index contributed by atoms with van der Waals surface area (Å²) in [5.74, 6) is 4.55. The van der Waals surface area contributed by atoms with Crippen molar-refractivity contribution < 1.29 is 10.4 Å². The van der Waals surface area contributed by atoms with Gasteiger partial charge in [-0.25, -0.2) is 0 Å². The average Bonchev–Trinajstić information content (AvgIpc) is 3.09. The molecule has 31 heavy (non-hydrogen) atoms. The number of nitrogens with zero attached hydrogens (tertiary/aromatic N) is 2. The zero-order valence-corrected chi connectivity index (χ0v) is 20.6. The fourth-order valence-corrected chi connectivity index (χ4v) is 7.60. The van der Waals surface area contributed by atoms with Crippen molar-refractivity contribution in [2.24, 2.45) is 51.2 Å². The molecule has 2 saturated carbocycles. The maximum Gasteiger partial charge on any atom is 0.0665 e. The molecule has 3 aliphatic carbocycles. The van der Waals surface area contributed by atoms with Crippen LogP contribution >= 0.6 is 0 Å².